The molecule has 7 N–H and O–H groups in total. The van der Waals surface area contributed by atoms with E-state index in [1.54, 1.807) is 12.1 Å². The molecular formula is C40H51ClN18O6. The van der Waals surface area contributed by atoms with E-state index in [4.69, 9.17) is 35.0 Å². The van der Waals surface area contributed by atoms with Crippen LogP contribution in [-0.2, 0) is 23.5 Å². The van der Waals surface area contributed by atoms with Crippen molar-refractivity contribution >= 4 is 64.1 Å². The highest BCUT2D eigenvalue weighted by atomic mass is 35.5. The van der Waals surface area contributed by atoms with E-state index in [9.17, 15) is 19.2 Å². The maximum absolute atomic E-state index is 12.3. The molecule has 0 atom stereocenters. The Hall–Kier alpha value is -7.89. The summed E-state index contributed by atoms with van der Waals surface area (Å²) in [6.07, 6.45) is 9.20. The Morgan fingerprint density at radius 2 is 1.22 bits per heavy atom. The van der Waals surface area contributed by atoms with Gasteiger partial charge in [-0.25, -0.2) is 9.97 Å². The second kappa shape index (κ2) is 22.5. The summed E-state index contributed by atoms with van der Waals surface area (Å²) in [4.78, 5) is 56.3. The minimum atomic E-state index is -2.54. The van der Waals surface area contributed by atoms with E-state index < -0.39 is 25.8 Å². The summed E-state index contributed by atoms with van der Waals surface area (Å²) in [7, 11) is 5.73. The summed E-state index contributed by atoms with van der Waals surface area (Å²) in [6, 6.07) is 6.06. The number of primary amides is 1. The predicted molar refractivity (Wildman–Crippen MR) is 241 cm³/mol. The molecule has 8 rings (SSSR count). The number of hydrogen-bond donors (Lipinski definition) is 6. The number of anilines is 5. The summed E-state index contributed by atoms with van der Waals surface area (Å²) in [5.41, 5.74) is 6.66. The van der Waals surface area contributed by atoms with Crippen molar-refractivity contribution in [2.75, 3.05) is 44.3 Å². The zero-order valence-corrected chi connectivity index (χ0v) is 34.6. The number of carbonyl (C=O) groups is 4. The van der Waals surface area contributed by atoms with E-state index in [0.717, 1.165) is 25.7 Å². The van der Waals surface area contributed by atoms with Gasteiger partial charge in [-0.3, -0.25) is 19.2 Å². The predicted octanol–water partition coefficient (Wildman–Crippen LogP) is 3.71. The van der Waals surface area contributed by atoms with Gasteiger partial charge < -0.3 is 41.8 Å². The summed E-state index contributed by atoms with van der Waals surface area (Å²) in [5.74, 6) is -0.0181. The Bertz CT molecular complexity index is 2860. The van der Waals surface area contributed by atoms with Gasteiger partial charge in [0.05, 0.1) is 49.1 Å². The van der Waals surface area contributed by atoms with Crippen LogP contribution in [0.25, 0.3) is 22.5 Å². The molecule has 2 saturated carbocycles. The second-order valence-electron chi connectivity index (χ2n) is 13.3. The lowest BCUT2D eigenvalue weighted by Crippen LogP contribution is -2.22. The van der Waals surface area contributed by atoms with Crippen LogP contribution < -0.4 is 41.8 Å². The van der Waals surface area contributed by atoms with Crippen molar-refractivity contribution in [3.05, 3.63) is 65.6 Å². The number of rotatable bonds is 13. The molecule has 0 unspecified atom stereocenters. The summed E-state index contributed by atoms with van der Waals surface area (Å²) < 4.78 is 55.5. The number of amides is 4. The minimum absolute atomic E-state index is 0. The Morgan fingerprint density at radius 1 is 0.738 bits per heavy atom. The Balaban J connectivity index is 0.000000271. The van der Waals surface area contributed by atoms with Crippen LogP contribution in [0, 0.1) is 11.8 Å². The molecule has 2 aliphatic rings. The molecule has 65 heavy (non-hydrogen) atoms. The molecule has 25 heteroatoms. The molecule has 24 nitrogen and oxygen atoms in total. The lowest BCUT2D eigenvalue weighted by Gasteiger charge is -2.15. The van der Waals surface area contributed by atoms with E-state index in [-0.39, 0.29) is 107 Å². The van der Waals surface area contributed by atoms with Gasteiger partial charge in [0.25, 0.3) is 11.8 Å². The molecular weight excluding hydrogens is 864 g/mol. The van der Waals surface area contributed by atoms with Gasteiger partial charge in [0.1, 0.15) is 11.4 Å². The smallest absolute Gasteiger partial charge is 0.273 e. The van der Waals surface area contributed by atoms with E-state index >= 15 is 0 Å². The SMILES string of the molecule is C.C.NC(=O)C1CC1.[2H]C([2H])([2H])n1ncc(-c2ccnc(Nc3cc(Cl)nnc3C(=O)NC)c2OC)n1.[2H]C([2H])([2H])n1ncc(-c2ccnc(Nc3cc(NC(=O)C4CC4)nnc3C(=O)NC)c2OC)n1. The molecule has 0 spiro atoms. The number of pyridine rings is 2. The average Bonchev–Trinajstić information content (AvgIpc) is 4.25. The fourth-order valence-corrected chi connectivity index (χ4v) is 5.59. The molecule has 2 aliphatic carbocycles. The van der Waals surface area contributed by atoms with Gasteiger partial charge in [0.15, 0.2) is 45.5 Å². The van der Waals surface area contributed by atoms with Crippen molar-refractivity contribution in [3.8, 4) is 34.0 Å². The first-order valence-corrected chi connectivity index (χ1v) is 19.1. The van der Waals surface area contributed by atoms with Crippen LogP contribution in [0.1, 0.15) is 69.7 Å². The zero-order chi connectivity index (χ0) is 50.2. The number of nitrogens with one attached hydrogen (secondary N) is 5. The largest absolute Gasteiger partial charge is 0.492 e. The molecule has 6 aromatic rings. The van der Waals surface area contributed by atoms with Gasteiger partial charge in [0, 0.05) is 72.6 Å². The van der Waals surface area contributed by atoms with Crippen molar-refractivity contribution in [1.29, 1.82) is 0 Å². The third-order valence-electron chi connectivity index (χ3n) is 8.88. The van der Waals surface area contributed by atoms with Crippen LogP contribution in [0.2, 0.25) is 5.15 Å². The zero-order valence-electron chi connectivity index (χ0n) is 39.9. The highest BCUT2D eigenvalue weighted by molar-refractivity contribution is 6.29. The van der Waals surface area contributed by atoms with Crippen molar-refractivity contribution in [3.63, 3.8) is 0 Å². The molecule has 2 fully saturated rings. The van der Waals surface area contributed by atoms with E-state index in [1.165, 1.54) is 65.2 Å². The summed E-state index contributed by atoms with van der Waals surface area (Å²) >= 11 is 5.91. The first-order valence-electron chi connectivity index (χ1n) is 21.7. The Labute approximate surface area is 387 Å². The molecule has 0 radical (unpaired) electrons. The number of aryl methyl sites for hydroxylation is 2. The van der Waals surface area contributed by atoms with E-state index in [2.05, 4.69) is 77.3 Å². The second-order valence-corrected chi connectivity index (χ2v) is 13.7. The average molecular weight is 921 g/mol. The molecule has 4 amide bonds. The maximum Gasteiger partial charge on any atom is 0.273 e. The van der Waals surface area contributed by atoms with E-state index in [0.29, 0.717) is 20.7 Å². The van der Waals surface area contributed by atoms with Gasteiger partial charge in [-0.05, 0) is 37.8 Å². The van der Waals surface area contributed by atoms with Crippen molar-refractivity contribution < 1.29 is 36.9 Å². The van der Waals surface area contributed by atoms with Crippen molar-refractivity contribution in [2.45, 2.75) is 40.5 Å². The molecule has 6 heterocycles. The number of aromatic nitrogens is 12. The fourth-order valence-electron chi connectivity index (χ4n) is 5.44. The first-order chi connectivity index (χ1) is 32.8. The summed E-state index contributed by atoms with van der Waals surface area (Å²) in [5, 5.41) is 44.5. The summed E-state index contributed by atoms with van der Waals surface area (Å²) in [6.45, 7) is -5.05. The van der Waals surface area contributed by atoms with Gasteiger partial charge >= 0.3 is 0 Å². The lowest BCUT2D eigenvalue weighted by atomic mass is 10.2. The third kappa shape index (κ3) is 12.6. The van der Waals surface area contributed by atoms with Gasteiger partial charge in [-0.2, -0.15) is 30.0 Å². The van der Waals surface area contributed by atoms with Gasteiger partial charge in [-0.1, -0.05) is 26.5 Å². The monoisotopic (exact) mass is 920 g/mol. The molecule has 0 aliphatic heterocycles. The molecule has 0 bridgehead atoms. The molecule has 0 aromatic carbocycles. The van der Waals surface area contributed by atoms with Crippen LogP contribution >= 0.6 is 11.6 Å². The van der Waals surface area contributed by atoms with Crippen LogP contribution in [-0.4, -0.2) is 112 Å². The quantitative estimate of drug-likeness (QED) is 0.0961. The molecule has 344 valence electrons. The number of halogens is 1. The van der Waals surface area contributed by atoms with Crippen LogP contribution in [0.4, 0.5) is 28.8 Å². The van der Waals surface area contributed by atoms with Gasteiger partial charge in [0.2, 0.25) is 11.8 Å². The number of carbonyl (C=O) groups excluding carboxylic acids is 4. The van der Waals surface area contributed by atoms with Crippen LogP contribution in [0.3, 0.4) is 0 Å². The minimum Gasteiger partial charge on any atom is -0.492 e. The standard InChI is InChI=1S/C19H21N9O3.C15H15ClN8O2.C4H7NO.2CH4/c1-20-19(30)15-12(8-14(25-26-15)24-18(29)10-4-5-10)23-17-16(31-3)11(6-7-21-17)13-9-22-28(2)27-13;1-17-15(25)12-9(6-11(16)21-22-12)20-14-13(26-3)8(4-5-18-14)10-7-19-24(2)23-10;5-4(6)3-1-2-3;;/h6-10H,4-5H2,1-3H3,(H,20,30)(H2,21,23,24,25,29);4-7H,1-3H3,(H,17,25)(H,18,20,21);3H,1-2H2,(H2,5,6);2*1H4/i2*2D3;;;. The van der Waals surface area contributed by atoms with Crippen molar-refractivity contribution in [1.82, 2.24) is 71.0 Å². The third-order valence-corrected chi connectivity index (χ3v) is 9.07. The highest BCUT2D eigenvalue weighted by Gasteiger charge is 2.30. The number of hydrogen-bond acceptors (Lipinski definition) is 18. The lowest BCUT2D eigenvalue weighted by molar-refractivity contribution is -0.119. The number of nitrogens with two attached hydrogens (primary N) is 1. The Morgan fingerprint density at radius 3 is 1.62 bits per heavy atom. The van der Waals surface area contributed by atoms with Crippen LogP contribution in [0.15, 0.2) is 49.1 Å². The topological polar surface area (TPSA) is 312 Å². The number of nitrogens with zero attached hydrogens (tertiary/aromatic N) is 12. The fraction of sp³-hybridized carbons (Fsp3) is 0.350. The first kappa shape index (κ1) is 41.1. The normalized spacial score (nSPS) is 14.0. The van der Waals surface area contributed by atoms with Gasteiger partial charge in [-0.15, -0.1) is 20.4 Å². The van der Waals surface area contributed by atoms with Crippen LogP contribution in [0.5, 0.6) is 11.5 Å². The molecule has 0 saturated heterocycles. The Kier molecular flexibility index (Phi) is 14.2. The number of ether oxygens (including phenoxy) is 2. The highest BCUT2D eigenvalue weighted by Crippen LogP contribution is 2.37. The molecule has 6 aromatic heterocycles. The number of methoxy groups -OCH3 is 2. The maximum atomic E-state index is 12.3. The van der Waals surface area contributed by atoms with Crippen molar-refractivity contribution in [2.24, 2.45) is 31.5 Å². The van der Waals surface area contributed by atoms with E-state index in [1.807, 2.05) is 0 Å².